The Balaban J connectivity index is 1.31. The number of hydrogen-bond donors (Lipinski definition) is 0. The van der Waals surface area contributed by atoms with Crippen LogP contribution in [0.4, 0.5) is 0 Å². The van der Waals surface area contributed by atoms with Crippen LogP contribution in [0.3, 0.4) is 0 Å². The average Bonchev–Trinajstić information content (AvgIpc) is 3.51. The van der Waals surface area contributed by atoms with Crippen LogP contribution < -0.4 is 4.74 Å². The molecule has 0 radical (unpaired) electrons. The Hall–Kier alpha value is -3.87. The molecule has 43 heavy (non-hydrogen) atoms. The van der Waals surface area contributed by atoms with Gasteiger partial charge in [-0.25, -0.2) is 9.97 Å². The Bertz CT molecular complexity index is 1940. The SMILES string of the molecule is Cc1sc(-c2ncnc3c(C)c(-c4ccc(C(C)(C)C)cc4)sc23)cc1Oc1cccc(-c2cc(C(C)(C)C)ccn2)c1. The molecule has 0 aliphatic rings. The molecule has 0 bridgehead atoms. The number of benzene rings is 2. The second-order valence-electron chi connectivity index (χ2n) is 13.1. The average molecular weight is 604 g/mol. The van der Waals surface area contributed by atoms with Gasteiger partial charge < -0.3 is 4.74 Å². The second-order valence-corrected chi connectivity index (χ2v) is 15.4. The lowest BCUT2D eigenvalue weighted by Gasteiger charge is -2.19. The largest absolute Gasteiger partial charge is 0.456 e. The van der Waals surface area contributed by atoms with Gasteiger partial charge in [0.15, 0.2) is 0 Å². The molecule has 0 amide bonds. The van der Waals surface area contributed by atoms with E-state index in [1.54, 1.807) is 29.0 Å². The molecule has 0 aliphatic carbocycles. The first-order valence-electron chi connectivity index (χ1n) is 14.6. The number of aromatic nitrogens is 3. The Kier molecular flexibility index (Phi) is 7.47. The lowest BCUT2D eigenvalue weighted by Crippen LogP contribution is -2.11. The third-order valence-electron chi connectivity index (χ3n) is 7.81. The minimum atomic E-state index is 0.0567. The van der Waals surface area contributed by atoms with E-state index in [0.29, 0.717) is 0 Å². The van der Waals surface area contributed by atoms with E-state index in [1.165, 1.54) is 27.1 Å². The van der Waals surface area contributed by atoms with Crippen LogP contribution in [-0.4, -0.2) is 15.0 Å². The molecule has 4 nitrogen and oxygen atoms in total. The van der Waals surface area contributed by atoms with Gasteiger partial charge in [-0.2, -0.15) is 0 Å². The summed E-state index contributed by atoms with van der Waals surface area (Å²) in [5.41, 5.74) is 9.12. The van der Waals surface area contributed by atoms with Crippen molar-refractivity contribution in [3.05, 3.63) is 101 Å². The Morgan fingerprint density at radius 1 is 0.698 bits per heavy atom. The molecule has 0 spiro atoms. The Morgan fingerprint density at radius 2 is 1.44 bits per heavy atom. The van der Waals surface area contributed by atoms with Gasteiger partial charge in [-0.3, -0.25) is 4.98 Å². The predicted molar refractivity (Wildman–Crippen MR) is 183 cm³/mol. The first-order chi connectivity index (χ1) is 20.4. The number of thiophene rings is 2. The smallest absolute Gasteiger partial charge is 0.141 e. The quantitative estimate of drug-likeness (QED) is 0.197. The highest BCUT2D eigenvalue weighted by molar-refractivity contribution is 7.23. The van der Waals surface area contributed by atoms with Gasteiger partial charge in [0.05, 0.1) is 20.8 Å². The van der Waals surface area contributed by atoms with Crippen LogP contribution >= 0.6 is 22.7 Å². The van der Waals surface area contributed by atoms with Crippen molar-refractivity contribution < 1.29 is 4.74 Å². The molecule has 4 aromatic heterocycles. The molecule has 0 fully saturated rings. The van der Waals surface area contributed by atoms with Crippen molar-refractivity contribution >= 4 is 32.9 Å². The van der Waals surface area contributed by atoms with Crippen LogP contribution in [-0.2, 0) is 10.8 Å². The molecule has 0 unspecified atom stereocenters. The second kappa shape index (κ2) is 11.0. The molecule has 4 heterocycles. The molecular formula is C37H37N3OS2. The molecule has 6 rings (SSSR count). The standard InChI is InChI=1S/C37H37N3OS2/c1-22-32-35(43-34(22)24-12-14-26(15-13-24)36(3,4)5)33(40-21-39-32)31-20-30(23(2)42-31)41-28-11-9-10-25(18-28)29-19-27(16-17-38-29)37(6,7)8/h9-21H,1-8H3. The van der Waals surface area contributed by atoms with E-state index < -0.39 is 0 Å². The van der Waals surface area contributed by atoms with Gasteiger partial charge in [0.1, 0.15) is 23.5 Å². The van der Waals surface area contributed by atoms with E-state index in [9.17, 15) is 0 Å². The minimum Gasteiger partial charge on any atom is -0.456 e. The normalized spacial score (nSPS) is 12.2. The fraction of sp³-hybridized carbons (Fsp3) is 0.270. The topological polar surface area (TPSA) is 47.9 Å². The van der Waals surface area contributed by atoms with Crippen molar-refractivity contribution in [2.24, 2.45) is 0 Å². The zero-order chi connectivity index (χ0) is 30.5. The van der Waals surface area contributed by atoms with Gasteiger partial charge in [0, 0.05) is 27.6 Å². The van der Waals surface area contributed by atoms with Gasteiger partial charge in [-0.1, -0.05) is 77.9 Å². The molecule has 6 aromatic rings. The summed E-state index contributed by atoms with van der Waals surface area (Å²) < 4.78 is 7.57. The highest BCUT2D eigenvalue weighted by Crippen LogP contribution is 2.45. The molecular weight excluding hydrogens is 567 g/mol. The number of hydrogen-bond acceptors (Lipinski definition) is 6. The molecule has 0 saturated carbocycles. The molecule has 0 N–H and O–H groups in total. The summed E-state index contributed by atoms with van der Waals surface area (Å²) in [5.74, 6) is 1.63. The number of nitrogens with zero attached hydrogens (tertiary/aromatic N) is 3. The molecule has 218 valence electrons. The maximum Gasteiger partial charge on any atom is 0.141 e. The fourth-order valence-corrected chi connectivity index (χ4v) is 7.46. The molecule has 2 aromatic carbocycles. The molecule has 0 atom stereocenters. The van der Waals surface area contributed by atoms with Crippen molar-refractivity contribution in [3.8, 4) is 43.8 Å². The third-order valence-corrected chi connectivity index (χ3v) is 10.2. The lowest BCUT2D eigenvalue weighted by atomic mass is 9.86. The van der Waals surface area contributed by atoms with E-state index in [4.69, 9.17) is 14.7 Å². The zero-order valence-electron chi connectivity index (χ0n) is 26.1. The van der Waals surface area contributed by atoms with Crippen molar-refractivity contribution in [3.63, 3.8) is 0 Å². The third kappa shape index (κ3) is 5.86. The van der Waals surface area contributed by atoms with Crippen molar-refractivity contribution in [2.75, 3.05) is 0 Å². The van der Waals surface area contributed by atoms with E-state index in [1.807, 2.05) is 18.3 Å². The highest BCUT2D eigenvalue weighted by Gasteiger charge is 2.20. The van der Waals surface area contributed by atoms with Crippen LogP contribution in [0.1, 0.15) is 63.1 Å². The van der Waals surface area contributed by atoms with E-state index >= 15 is 0 Å². The minimum absolute atomic E-state index is 0.0567. The van der Waals surface area contributed by atoms with Crippen LogP contribution in [0.2, 0.25) is 0 Å². The fourth-order valence-electron chi connectivity index (χ4n) is 5.18. The van der Waals surface area contributed by atoms with E-state index in [2.05, 4.69) is 115 Å². The summed E-state index contributed by atoms with van der Waals surface area (Å²) in [6, 6.07) is 23.5. The van der Waals surface area contributed by atoms with Crippen molar-refractivity contribution in [1.82, 2.24) is 15.0 Å². The molecule has 0 saturated heterocycles. The van der Waals surface area contributed by atoms with E-state index in [0.717, 1.165) is 48.4 Å². The number of rotatable bonds is 5. The van der Waals surface area contributed by atoms with Gasteiger partial charge >= 0.3 is 0 Å². The Labute approximate surface area is 262 Å². The maximum absolute atomic E-state index is 6.46. The number of aryl methyl sites for hydroxylation is 2. The monoisotopic (exact) mass is 603 g/mol. The van der Waals surface area contributed by atoms with Crippen LogP contribution in [0.5, 0.6) is 11.5 Å². The van der Waals surface area contributed by atoms with Crippen LogP contribution in [0.15, 0.2) is 79.3 Å². The number of pyridine rings is 1. The predicted octanol–water partition coefficient (Wildman–Crippen LogP) is 11.2. The molecule has 0 aliphatic heterocycles. The summed E-state index contributed by atoms with van der Waals surface area (Å²) >= 11 is 3.47. The van der Waals surface area contributed by atoms with Gasteiger partial charge in [-0.05, 0) is 71.2 Å². The summed E-state index contributed by atoms with van der Waals surface area (Å²) in [7, 11) is 0. The Morgan fingerprint density at radius 3 is 2.16 bits per heavy atom. The number of ether oxygens (including phenoxy) is 1. The van der Waals surface area contributed by atoms with Gasteiger partial charge in [0.2, 0.25) is 0 Å². The van der Waals surface area contributed by atoms with Crippen LogP contribution in [0, 0.1) is 13.8 Å². The first-order valence-corrected chi connectivity index (χ1v) is 16.2. The summed E-state index contributed by atoms with van der Waals surface area (Å²) in [5, 5.41) is 0. The summed E-state index contributed by atoms with van der Waals surface area (Å²) in [6.07, 6.45) is 3.57. The highest BCUT2D eigenvalue weighted by atomic mass is 32.1. The lowest BCUT2D eigenvalue weighted by molar-refractivity contribution is 0.482. The van der Waals surface area contributed by atoms with Gasteiger partial charge in [0.25, 0.3) is 0 Å². The van der Waals surface area contributed by atoms with Crippen molar-refractivity contribution in [2.45, 2.75) is 66.2 Å². The summed E-state index contributed by atoms with van der Waals surface area (Å²) in [4.78, 5) is 17.5. The zero-order valence-corrected chi connectivity index (χ0v) is 27.7. The van der Waals surface area contributed by atoms with Crippen LogP contribution in [0.25, 0.3) is 42.5 Å². The van der Waals surface area contributed by atoms with E-state index in [-0.39, 0.29) is 10.8 Å². The summed E-state index contributed by atoms with van der Waals surface area (Å²) in [6.45, 7) is 17.7. The molecule has 6 heteroatoms. The maximum atomic E-state index is 6.46. The van der Waals surface area contributed by atoms with Crippen molar-refractivity contribution in [1.29, 1.82) is 0 Å². The first kappa shape index (κ1) is 29.2. The number of fused-ring (bicyclic) bond motifs is 1. The van der Waals surface area contributed by atoms with Gasteiger partial charge in [-0.15, -0.1) is 22.7 Å².